The Bertz CT molecular complexity index is 483. The Kier molecular flexibility index (Phi) is 2.69. The molecule has 0 atom stereocenters. The van der Waals surface area contributed by atoms with Crippen LogP contribution in [0.3, 0.4) is 0 Å². The van der Waals surface area contributed by atoms with Gasteiger partial charge in [0.1, 0.15) is 5.75 Å². The lowest BCUT2D eigenvalue weighted by Gasteiger charge is -2.00. The summed E-state index contributed by atoms with van der Waals surface area (Å²) in [4.78, 5) is 0. The molecule has 0 unspecified atom stereocenters. The third kappa shape index (κ3) is 1.52. The molecule has 2 aromatic rings. The zero-order valence-corrected chi connectivity index (χ0v) is 9.91. The van der Waals surface area contributed by atoms with Crippen LogP contribution < -0.4 is 5.46 Å². The molecule has 0 radical (unpaired) electrons. The Labute approximate surface area is 98.3 Å². The van der Waals surface area contributed by atoms with E-state index >= 15 is 0 Å². The average Bonchev–Trinajstić information content (AvgIpc) is 2.56. The first-order valence-electron chi connectivity index (χ1n) is 3.86. The van der Waals surface area contributed by atoms with E-state index in [0.29, 0.717) is 10.8 Å². The van der Waals surface area contributed by atoms with Crippen molar-refractivity contribution < 1.29 is 15.2 Å². The first-order valence-corrected chi connectivity index (χ1v) is 5.82. The highest BCUT2D eigenvalue weighted by molar-refractivity contribution is 14.1. The minimum Gasteiger partial charge on any atom is -0.507 e. The van der Waals surface area contributed by atoms with Crippen LogP contribution in [0, 0.1) is 3.57 Å². The van der Waals surface area contributed by atoms with E-state index in [-0.39, 0.29) is 5.75 Å². The molecule has 0 amide bonds. The Morgan fingerprint density at radius 2 is 2.00 bits per heavy atom. The molecule has 0 fully saturated rings. The summed E-state index contributed by atoms with van der Waals surface area (Å²) in [6.07, 6.45) is 0. The van der Waals surface area contributed by atoms with Crippen LogP contribution in [-0.4, -0.2) is 22.3 Å². The monoisotopic (exact) mass is 320 g/mol. The molecule has 0 spiro atoms. The zero-order valence-electron chi connectivity index (χ0n) is 6.94. The van der Waals surface area contributed by atoms with E-state index in [1.54, 1.807) is 17.5 Å². The molecule has 0 saturated carbocycles. The van der Waals surface area contributed by atoms with E-state index < -0.39 is 7.12 Å². The summed E-state index contributed by atoms with van der Waals surface area (Å²) < 4.78 is 1.88. The highest BCUT2D eigenvalue weighted by atomic mass is 127. The van der Waals surface area contributed by atoms with E-state index in [4.69, 9.17) is 10.0 Å². The number of phenols is 1. The molecule has 0 saturated heterocycles. The van der Waals surface area contributed by atoms with Gasteiger partial charge in [0.2, 0.25) is 0 Å². The van der Waals surface area contributed by atoms with Crippen LogP contribution >= 0.6 is 33.9 Å². The molecular formula is C8H6BIO3S. The Morgan fingerprint density at radius 1 is 1.29 bits per heavy atom. The molecule has 14 heavy (non-hydrogen) atoms. The van der Waals surface area contributed by atoms with E-state index in [1.807, 2.05) is 0 Å². The van der Waals surface area contributed by atoms with Gasteiger partial charge >= 0.3 is 7.12 Å². The van der Waals surface area contributed by atoms with Crippen LogP contribution in [0.4, 0.5) is 0 Å². The van der Waals surface area contributed by atoms with E-state index in [0.717, 1.165) is 8.27 Å². The lowest BCUT2D eigenvalue weighted by atomic mass is 9.80. The smallest absolute Gasteiger partial charge is 0.490 e. The number of phenolic OH excluding ortho intramolecular Hbond substituents is 1. The fourth-order valence-corrected chi connectivity index (χ4v) is 3.15. The van der Waals surface area contributed by atoms with Gasteiger partial charge in [0.15, 0.2) is 0 Å². The summed E-state index contributed by atoms with van der Waals surface area (Å²) in [5.41, 5.74) is 0.362. The SMILES string of the molecule is OB(O)c1csc2c(I)ccc(O)c12. The maximum Gasteiger partial charge on any atom is 0.490 e. The van der Waals surface area contributed by atoms with Crippen molar-refractivity contribution in [3.05, 3.63) is 21.1 Å². The highest BCUT2D eigenvalue weighted by Gasteiger charge is 2.19. The third-order valence-corrected chi connectivity index (χ3v) is 4.25. The van der Waals surface area contributed by atoms with Crippen molar-refractivity contribution in [2.24, 2.45) is 0 Å². The summed E-state index contributed by atoms with van der Waals surface area (Å²) in [6.45, 7) is 0. The summed E-state index contributed by atoms with van der Waals surface area (Å²) in [5.74, 6) is 0.0877. The lowest BCUT2D eigenvalue weighted by molar-refractivity contribution is 0.426. The van der Waals surface area contributed by atoms with Crippen molar-refractivity contribution in [2.75, 3.05) is 0 Å². The van der Waals surface area contributed by atoms with Crippen molar-refractivity contribution in [3.63, 3.8) is 0 Å². The largest absolute Gasteiger partial charge is 0.507 e. The summed E-state index contributed by atoms with van der Waals surface area (Å²) in [7, 11) is -1.53. The second-order valence-electron chi connectivity index (χ2n) is 2.84. The number of aromatic hydroxyl groups is 1. The van der Waals surface area contributed by atoms with Crippen molar-refractivity contribution in [3.8, 4) is 5.75 Å². The molecule has 2 rings (SSSR count). The average molecular weight is 320 g/mol. The zero-order chi connectivity index (χ0) is 10.3. The molecule has 3 N–H and O–H groups in total. The van der Waals surface area contributed by atoms with Gasteiger partial charge in [0.25, 0.3) is 0 Å². The standard InChI is InChI=1S/C8H6BIO3S/c10-5-1-2-6(11)7-4(9(12)13)3-14-8(5)7/h1-3,11-13H. The van der Waals surface area contributed by atoms with Gasteiger partial charge in [-0.2, -0.15) is 0 Å². The van der Waals surface area contributed by atoms with Crippen LogP contribution in [0.15, 0.2) is 17.5 Å². The fourth-order valence-electron chi connectivity index (χ4n) is 1.31. The molecule has 0 bridgehead atoms. The molecule has 0 aliphatic heterocycles. The predicted molar refractivity (Wildman–Crippen MR) is 66.0 cm³/mol. The maximum atomic E-state index is 9.60. The lowest BCUT2D eigenvalue weighted by Crippen LogP contribution is -2.28. The quantitative estimate of drug-likeness (QED) is 0.540. The summed E-state index contributed by atoms with van der Waals surface area (Å²) in [6, 6.07) is 3.35. The van der Waals surface area contributed by atoms with Gasteiger partial charge in [-0.15, -0.1) is 11.3 Å². The van der Waals surface area contributed by atoms with Gasteiger partial charge in [0, 0.05) is 14.4 Å². The van der Waals surface area contributed by atoms with Crippen molar-refractivity contribution in [1.29, 1.82) is 0 Å². The number of thiophene rings is 1. The van der Waals surface area contributed by atoms with Gasteiger partial charge < -0.3 is 15.2 Å². The number of rotatable bonds is 1. The van der Waals surface area contributed by atoms with Crippen LogP contribution in [-0.2, 0) is 0 Å². The Hall–Kier alpha value is -0.305. The first kappa shape index (κ1) is 10.2. The minimum absolute atomic E-state index is 0.0877. The molecule has 1 aromatic heterocycles. The normalized spacial score (nSPS) is 10.8. The van der Waals surface area contributed by atoms with E-state index in [2.05, 4.69) is 22.6 Å². The van der Waals surface area contributed by atoms with Crippen LogP contribution in [0.1, 0.15) is 0 Å². The first-order chi connectivity index (χ1) is 6.61. The predicted octanol–water partition coefficient (Wildman–Crippen LogP) is 0.891. The molecule has 72 valence electrons. The molecule has 3 nitrogen and oxygen atoms in total. The summed E-state index contributed by atoms with van der Waals surface area (Å²) >= 11 is 3.54. The van der Waals surface area contributed by atoms with Crippen molar-refractivity contribution in [2.45, 2.75) is 0 Å². The molecule has 1 aromatic carbocycles. The highest BCUT2D eigenvalue weighted by Crippen LogP contribution is 2.31. The van der Waals surface area contributed by atoms with Crippen molar-refractivity contribution in [1.82, 2.24) is 0 Å². The van der Waals surface area contributed by atoms with E-state index in [9.17, 15) is 5.11 Å². The minimum atomic E-state index is -1.53. The Balaban J connectivity index is 2.84. The fraction of sp³-hybridized carbons (Fsp3) is 0. The van der Waals surface area contributed by atoms with Gasteiger partial charge in [-0.25, -0.2) is 0 Å². The van der Waals surface area contributed by atoms with E-state index in [1.165, 1.54) is 11.3 Å². The second kappa shape index (κ2) is 3.69. The number of benzene rings is 1. The van der Waals surface area contributed by atoms with Gasteiger partial charge in [0.05, 0.1) is 4.70 Å². The number of fused-ring (bicyclic) bond motifs is 1. The van der Waals surface area contributed by atoms with Gasteiger partial charge in [-0.3, -0.25) is 0 Å². The van der Waals surface area contributed by atoms with Crippen molar-refractivity contribution >= 4 is 56.6 Å². The second-order valence-corrected chi connectivity index (χ2v) is 4.88. The molecule has 6 heteroatoms. The van der Waals surface area contributed by atoms with Crippen LogP contribution in [0.5, 0.6) is 5.75 Å². The van der Waals surface area contributed by atoms with Crippen LogP contribution in [0.2, 0.25) is 0 Å². The molecule has 0 aliphatic carbocycles. The summed E-state index contributed by atoms with van der Waals surface area (Å²) in [5, 5.41) is 29.9. The maximum absolute atomic E-state index is 9.60. The Morgan fingerprint density at radius 3 is 2.64 bits per heavy atom. The van der Waals surface area contributed by atoms with Crippen LogP contribution in [0.25, 0.3) is 10.1 Å². The number of hydrogen-bond acceptors (Lipinski definition) is 4. The number of hydrogen-bond donors (Lipinski definition) is 3. The molecular weight excluding hydrogens is 314 g/mol. The topological polar surface area (TPSA) is 60.7 Å². The third-order valence-electron chi connectivity index (χ3n) is 1.96. The van der Waals surface area contributed by atoms with Gasteiger partial charge in [-0.05, 0) is 40.1 Å². The molecule has 0 aliphatic rings. The van der Waals surface area contributed by atoms with Gasteiger partial charge in [-0.1, -0.05) is 0 Å². The molecule has 1 heterocycles. The number of halogens is 1.